The van der Waals surface area contributed by atoms with Gasteiger partial charge in [-0.25, -0.2) is 0 Å². The Kier molecular flexibility index (Phi) is 4.37. The van der Waals surface area contributed by atoms with Crippen LogP contribution in [0.2, 0.25) is 0 Å². The number of nitrogens with zero attached hydrogens (tertiary/aromatic N) is 1. The molecule has 0 atom stereocenters. The number of rotatable bonds is 3. The molecule has 0 saturated heterocycles. The lowest BCUT2D eigenvalue weighted by molar-refractivity contribution is 1.03. The summed E-state index contributed by atoms with van der Waals surface area (Å²) in [6, 6.07) is 0. The fraction of sp³-hybridized carbons (Fsp3) is 0.462. The Morgan fingerprint density at radius 2 is 2.21 bits per heavy atom. The molecule has 0 radical (unpaired) electrons. The Morgan fingerprint density at radius 3 is 2.86 bits per heavy atom. The van der Waals surface area contributed by atoms with Crippen LogP contribution in [0.1, 0.15) is 40.0 Å². The summed E-state index contributed by atoms with van der Waals surface area (Å²) in [5.41, 5.74) is 3.74. The van der Waals surface area contributed by atoms with Gasteiger partial charge in [0.15, 0.2) is 0 Å². The molecule has 0 N–H and O–H groups in total. The SMILES string of the molecule is CCC1=CC(N=C(C)CC)=CC=CC1. The summed E-state index contributed by atoms with van der Waals surface area (Å²) in [7, 11) is 0. The van der Waals surface area contributed by atoms with Crippen LogP contribution in [-0.2, 0) is 0 Å². The zero-order valence-electron chi connectivity index (χ0n) is 9.38. The molecule has 0 aromatic rings. The molecule has 1 rings (SSSR count). The third kappa shape index (κ3) is 3.33. The summed E-state index contributed by atoms with van der Waals surface area (Å²) in [5.74, 6) is 0. The zero-order chi connectivity index (χ0) is 10.4. The van der Waals surface area contributed by atoms with Crippen LogP contribution in [0.15, 0.2) is 40.6 Å². The van der Waals surface area contributed by atoms with E-state index in [0.717, 1.165) is 25.0 Å². The van der Waals surface area contributed by atoms with Crippen LogP contribution in [0.3, 0.4) is 0 Å². The fourth-order valence-electron chi connectivity index (χ4n) is 1.32. The highest BCUT2D eigenvalue weighted by Crippen LogP contribution is 2.16. The van der Waals surface area contributed by atoms with Gasteiger partial charge in [0, 0.05) is 5.71 Å². The second-order valence-corrected chi connectivity index (χ2v) is 3.58. The van der Waals surface area contributed by atoms with Gasteiger partial charge < -0.3 is 0 Å². The van der Waals surface area contributed by atoms with Gasteiger partial charge in [-0.1, -0.05) is 31.6 Å². The average molecular weight is 189 g/mol. The van der Waals surface area contributed by atoms with E-state index in [4.69, 9.17) is 0 Å². The van der Waals surface area contributed by atoms with E-state index in [0.29, 0.717) is 0 Å². The molecule has 1 heteroatoms. The van der Waals surface area contributed by atoms with Gasteiger partial charge in [-0.2, -0.15) is 0 Å². The van der Waals surface area contributed by atoms with Crippen molar-refractivity contribution in [1.29, 1.82) is 0 Å². The van der Waals surface area contributed by atoms with Crippen molar-refractivity contribution in [3.8, 4) is 0 Å². The number of aliphatic imine (C=N–C) groups is 1. The highest BCUT2D eigenvalue weighted by atomic mass is 14.7. The lowest BCUT2D eigenvalue weighted by atomic mass is 10.1. The van der Waals surface area contributed by atoms with E-state index in [1.165, 1.54) is 11.3 Å². The molecule has 1 nitrogen and oxygen atoms in total. The summed E-state index contributed by atoms with van der Waals surface area (Å²) in [5, 5.41) is 0. The van der Waals surface area contributed by atoms with Crippen molar-refractivity contribution in [3.63, 3.8) is 0 Å². The second-order valence-electron chi connectivity index (χ2n) is 3.58. The summed E-state index contributed by atoms with van der Waals surface area (Å²) in [6.45, 7) is 6.41. The summed E-state index contributed by atoms with van der Waals surface area (Å²) < 4.78 is 0. The summed E-state index contributed by atoms with van der Waals surface area (Å²) >= 11 is 0. The van der Waals surface area contributed by atoms with E-state index in [9.17, 15) is 0 Å². The lowest BCUT2D eigenvalue weighted by Crippen LogP contribution is -1.88. The maximum Gasteiger partial charge on any atom is 0.0628 e. The molecule has 0 heterocycles. The van der Waals surface area contributed by atoms with Crippen LogP contribution in [-0.4, -0.2) is 5.71 Å². The molecule has 0 aromatic heterocycles. The number of hydrogen-bond donors (Lipinski definition) is 0. The van der Waals surface area contributed by atoms with Gasteiger partial charge in [-0.15, -0.1) is 0 Å². The largest absolute Gasteiger partial charge is 0.258 e. The van der Waals surface area contributed by atoms with Crippen molar-refractivity contribution in [2.24, 2.45) is 4.99 Å². The molecule has 0 saturated carbocycles. The predicted octanol–water partition coefficient (Wildman–Crippen LogP) is 4.04. The van der Waals surface area contributed by atoms with Gasteiger partial charge in [0.1, 0.15) is 0 Å². The predicted molar refractivity (Wildman–Crippen MR) is 63.6 cm³/mol. The topological polar surface area (TPSA) is 12.4 Å². The first-order valence-corrected chi connectivity index (χ1v) is 5.36. The number of hydrogen-bond acceptors (Lipinski definition) is 1. The Balaban J connectivity index is 2.86. The quantitative estimate of drug-likeness (QED) is 0.594. The van der Waals surface area contributed by atoms with E-state index in [1.807, 2.05) is 0 Å². The molecule has 14 heavy (non-hydrogen) atoms. The monoisotopic (exact) mass is 189 g/mol. The Labute approximate surface area is 86.9 Å². The molecule has 0 fully saturated rings. The van der Waals surface area contributed by atoms with Crippen molar-refractivity contribution in [2.45, 2.75) is 40.0 Å². The maximum atomic E-state index is 4.56. The zero-order valence-corrected chi connectivity index (χ0v) is 9.38. The smallest absolute Gasteiger partial charge is 0.0628 e. The van der Waals surface area contributed by atoms with Crippen molar-refractivity contribution in [1.82, 2.24) is 0 Å². The van der Waals surface area contributed by atoms with Crippen molar-refractivity contribution >= 4 is 5.71 Å². The van der Waals surface area contributed by atoms with Gasteiger partial charge in [-0.05, 0) is 38.3 Å². The second kappa shape index (κ2) is 5.58. The number of allylic oxidation sites excluding steroid dienone is 5. The molecule has 0 aromatic carbocycles. The molecule has 0 amide bonds. The average Bonchev–Trinajstić information content (AvgIpc) is 2.42. The van der Waals surface area contributed by atoms with Gasteiger partial charge >= 0.3 is 0 Å². The third-order valence-corrected chi connectivity index (χ3v) is 2.42. The van der Waals surface area contributed by atoms with E-state index in [1.54, 1.807) is 0 Å². The van der Waals surface area contributed by atoms with Crippen molar-refractivity contribution in [2.75, 3.05) is 0 Å². The van der Waals surface area contributed by atoms with Crippen molar-refractivity contribution in [3.05, 3.63) is 35.6 Å². The van der Waals surface area contributed by atoms with Crippen LogP contribution in [0.5, 0.6) is 0 Å². The van der Waals surface area contributed by atoms with Gasteiger partial charge in [0.05, 0.1) is 5.70 Å². The van der Waals surface area contributed by atoms with Crippen LogP contribution in [0.4, 0.5) is 0 Å². The normalized spacial score (nSPS) is 17.5. The lowest BCUT2D eigenvalue weighted by Gasteiger charge is -2.00. The highest BCUT2D eigenvalue weighted by Gasteiger charge is 1.98. The summed E-state index contributed by atoms with van der Waals surface area (Å²) in [6.07, 6.45) is 11.8. The first kappa shape index (κ1) is 11.0. The Bertz CT molecular complexity index is 303. The van der Waals surface area contributed by atoms with E-state index < -0.39 is 0 Å². The van der Waals surface area contributed by atoms with Crippen LogP contribution in [0.25, 0.3) is 0 Å². The minimum absolute atomic E-state index is 1.02. The molecular weight excluding hydrogens is 170 g/mol. The van der Waals surface area contributed by atoms with Gasteiger partial charge in [-0.3, -0.25) is 4.99 Å². The van der Waals surface area contributed by atoms with Gasteiger partial charge in [0.2, 0.25) is 0 Å². The molecule has 0 unspecified atom stereocenters. The molecule has 1 aliphatic rings. The molecule has 0 aliphatic heterocycles. The molecule has 0 bridgehead atoms. The maximum absolute atomic E-state index is 4.56. The molecule has 1 aliphatic carbocycles. The van der Waals surface area contributed by atoms with Crippen LogP contribution < -0.4 is 0 Å². The van der Waals surface area contributed by atoms with E-state index >= 15 is 0 Å². The highest BCUT2D eigenvalue weighted by molar-refractivity contribution is 5.82. The van der Waals surface area contributed by atoms with Crippen LogP contribution >= 0.6 is 0 Å². The third-order valence-electron chi connectivity index (χ3n) is 2.42. The van der Waals surface area contributed by atoms with E-state index in [-0.39, 0.29) is 0 Å². The summed E-state index contributed by atoms with van der Waals surface area (Å²) in [4.78, 5) is 4.56. The molecule has 0 spiro atoms. The van der Waals surface area contributed by atoms with E-state index in [2.05, 4.69) is 50.1 Å². The standard InChI is InChI=1S/C13H19N/c1-4-11(3)14-13-9-7-6-8-12(5-2)10-13/h6-7,9-10H,4-5,8H2,1-3H3. The first-order chi connectivity index (χ1) is 6.76. The minimum atomic E-state index is 1.02. The minimum Gasteiger partial charge on any atom is -0.258 e. The van der Waals surface area contributed by atoms with Crippen molar-refractivity contribution < 1.29 is 0 Å². The Morgan fingerprint density at radius 1 is 1.43 bits per heavy atom. The molecule has 76 valence electrons. The molecular formula is C13H19N. The van der Waals surface area contributed by atoms with Gasteiger partial charge in [0.25, 0.3) is 0 Å². The van der Waals surface area contributed by atoms with Crippen LogP contribution in [0, 0.1) is 0 Å². The fourth-order valence-corrected chi connectivity index (χ4v) is 1.32. The first-order valence-electron chi connectivity index (χ1n) is 5.36. The Hall–Kier alpha value is -1.11.